The van der Waals surface area contributed by atoms with E-state index in [1.165, 1.54) is 0 Å². The van der Waals surface area contributed by atoms with Crippen LogP contribution in [-0.2, 0) is 11.3 Å². The van der Waals surface area contributed by atoms with Gasteiger partial charge >= 0.3 is 5.69 Å². The van der Waals surface area contributed by atoms with Gasteiger partial charge in [0.05, 0.1) is 12.6 Å². The lowest BCUT2D eigenvalue weighted by atomic mass is 10.2. The van der Waals surface area contributed by atoms with E-state index in [9.17, 15) is 4.79 Å². The third-order valence-corrected chi connectivity index (χ3v) is 4.23. The Labute approximate surface area is 116 Å². The number of hydrogen-bond donors (Lipinski definition) is 2. The van der Waals surface area contributed by atoms with Gasteiger partial charge in [-0.3, -0.25) is 4.57 Å². The molecule has 1 aromatic rings. The van der Waals surface area contributed by atoms with Crippen molar-refractivity contribution in [3.05, 3.63) is 10.5 Å². The van der Waals surface area contributed by atoms with E-state index in [0.29, 0.717) is 6.54 Å². The van der Waals surface area contributed by atoms with E-state index in [0.717, 1.165) is 49.6 Å². The molecule has 19 heavy (non-hydrogen) atoms. The van der Waals surface area contributed by atoms with Gasteiger partial charge < -0.3 is 9.84 Å². The second kappa shape index (κ2) is 7.72. The lowest BCUT2D eigenvalue weighted by molar-refractivity contribution is 0.0941. The topological polar surface area (TPSA) is 80.1 Å². The molecule has 0 spiro atoms. The fourth-order valence-corrected chi connectivity index (χ4v) is 3.07. The molecule has 2 rings (SSSR count). The maximum absolute atomic E-state index is 11.7. The SMILES string of the molecule is O=c1[nH]nc(SCCCCCO)n1CC1CCCO1. The number of hydrogen-bond acceptors (Lipinski definition) is 5. The number of aliphatic hydroxyl groups excluding tert-OH is 1. The van der Waals surface area contributed by atoms with Gasteiger partial charge in [0, 0.05) is 19.0 Å². The van der Waals surface area contributed by atoms with Crippen molar-refractivity contribution in [1.29, 1.82) is 0 Å². The zero-order valence-electron chi connectivity index (χ0n) is 11.0. The number of thioether (sulfide) groups is 1. The lowest BCUT2D eigenvalue weighted by Crippen LogP contribution is -2.25. The van der Waals surface area contributed by atoms with Crippen LogP contribution < -0.4 is 5.69 Å². The normalized spacial score (nSPS) is 19.1. The fourth-order valence-electron chi connectivity index (χ4n) is 2.12. The minimum Gasteiger partial charge on any atom is -0.396 e. The summed E-state index contributed by atoms with van der Waals surface area (Å²) in [6.45, 7) is 1.63. The first-order valence-electron chi connectivity index (χ1n) is 6.81. The van der Waals surface area contributed by atoms with E-state index >= 15 is 0 Å². The van der Waals surface area contributed by atoms with Gasteiger partial charge in [-0.2, -0.15) is 0 Å². The fraction of sp³-hybridized carbons (Fsp3) is 0.833. The van der Waals surface area contributed by atoms with Crippen molar-refractivity contribution >= 4 is 11.8 Å². The van der Waals surface area contributed by atoms with Crippen LogP contribution in [0.15, 0.2) is 9.95 Å². The third-order valence-electron chi connectivity index (χ3n) is 3.17. The van der Waals surface area contributed by atoms with Gasteiger partial charge in [-0.1, -0.05) is 18.2 Å². The molecular formula is C12H21N3O3S. The molecule has 108 valence electrons. The van der Waals surface area contributed by atoms with Crippen LogP contribution in [0.2, 0.25) is 0 Å². The Kier molecular flexibility index (Phi) is 5.93. The highest BCUT2D eigenvalue weighted by Gasteiger charge is 2.19. The summed E-state index contributed by atoms with van der Waals surface area (Å²) in [5, 5.41) is 16.0. The largest absolute Gasteiger partial charge is 0.396 e. The molecule has 1 atom stereocenters. The van der Waals surface area contributed by atoms with Gasteiger partial charge in [-0.15, -0.1) is 5.10 Å². The van der Waals surface area contributed by atoms with Gasteiger partial charge in [-0.05, 0) is 25.7 Å². The van der Waals surface area contributed by atoms with Crippen LogP contribution in [0.5, 0.6) is 0 Å². The first-order chi connectivity index (χ1) is 9.31. The highest BCUT2D eigenvalue weighted by Crippen LogP contribution is 2.19. The number of aromatic amines is 1. The van der Waals surface area contributed by atoms with Gasteiger partial charge in [0.2, 0.25) is 0 Å². The van der Waals surface area contributed by atoms with E-state index in [4.69, 9.17) is 9.84 Å². The molecule has 1 unspecified atom stereocenters. The van der Waals surface area contributed by atoms with E-state index in [2.05, 4.69) is 10.2 Å². The molecule has 1 aliphatic heterocycles. The Hall–Kier alpha value is -0.790. The number of nitrogens with one attached hydrogen (secondary N) is 1. The zero-order chi connectivity index (χ0) is 13.5. The molecule has 1 saturated heterocycles. The van der Waals surface area contributed by atoms with Crippen molar-refractivity contribution in [2.45, 2.75) is 49.9 Å². The van der Waals surface area contributed by atoms with Crippen LogP contribution in [0.25, 0.3) is 0 Å². The predicted molar refractivity (Wildman–Crippen MR) is 73.5 cm³/mol. The summed E-state index contributed by atoms with van der Waals surface area (Å²) >= 11 is 1.59. The van der Waals surface area contributed by atoms with Crippen LogP contribution >= 0.6 is 11.8 Å². The molecule has 6 nitrogen and oxygen atoms in total. The van der Waals surface area contributed by atoms with Crippen molar-refractivity contribution in [3.8, 4) is 0 Å². The van der Waals surface area contributed by atoms with Gasteiger partial charge in [-0.25, -0.2) is 9.89 Å². The number of aromatic nitrogens is 3. The summed E-state index contributed by atoms with van der Waals surface area (Å²) < 4.78 is 7.23. The van der Waals surface area contributed by atoms with Gasteiger partial charge in [0.25, 0.3) is 0 Å². The van der Waals surface area contributed by atoms with Crippen molar-refractivity contribution < 1.29 is 9.84 Å². The highest BCUT2D eigenvalue weighted by atomic mass is 32.2. The molecule has 0 saturated carbocycles. The summed E-state index contributed by atoms with van der Waals surface area (Å²) in [6.07, 6.45) is 5.09. The van der Waals surface area contributed by atoms with Crippen LogP contribution in [0.4, 0.5) is 0 Å². The maximum Gasteiger partial charge on any atom is 0.344 e. The Bertz CT molecular complexity index is 426. The summed E-state index contributed by atoms with van der Waals surface area (Å²) in [7, 11) is 0. The van der Waals surface area contributed by atoms with Crippen LogP contribution in [-0.4, -0.2) is 44.9 Å². The molecule has 1 fully saturated rings. The number of unbranched alkanes of at least 4 members (excludes halogenated alkanes) is 2. The second-order valence-corrected chi connectivity index (χ2v) is 5.75. The standard InChI is InChI=1S/C12H21N3O3S/c16-6-2-1-3-8-19-12-14-13-11(17)15(12)9-10-5-4-7-18-10/h10,16H,1-9H2,(H,13,17). The molecule has 7 heteroatoms. The van der Waals surface area contributed by atoms with E-state index < -0.39 is 0 Å². The van der Waals surface area contributed by atoms with E-state index in [1.807, 2.05) is 0 Å². The van der Waals surface area contributed by atoms with Crippen molar-refractivity contribution in [1.82, 2.24) is 14.8 Å². The highest BCUT2D eigenvalue weighted by molar-refractivity contribution is 7.99. The Morgan fingerprint density at radius 3 is 3.11 bits per heavy atom. The van der Waals surface area contributed by atoms with Crippen LogP contribution in [0.3, 0.4) is 0 Å². The quantitative estimate of drug-likeness (QED) is 0.551. The summed E-state index contributed by atoms with van der Waals surface area (Å²) in [6, 6.07) is 0. The number of H-pyrrole nitrogens is 1. The smallest absolute Gasteiger partial charge is 0.344 e. The zero-order valence-corrected chi connectivity index (χ0v) is 11.8. The monoisotopic (exact) mass is 287 g/mol. The maximum atomic E-state index is 11.7. The number of rotatable bonds is 8. The molecule has 0 bridgehead atoms. The molecule has 1 aliphatic rings. The number of aliphatic hydroxyl groups is 1. The average Bonchev–Trinajstić information content (AvgIpc) is 3.03. The lowest BCUT2D eigenvalue weighted by Gasteiger charge is -2.10. The first-order valence-corrected chi connectivity index (χ1v) is 7.80. The third kappa shape index (κ3) is 4.36. The van der Waals surface area contributed by atoms with Gasteiger partial charge in [0.1, 0.15) is 0 Å². The molecule has 1 aromatic heterocycles. The summed E-state index contributed by atoms with van der Waals surface area (Å²) in [4.78, 5) is 11.7. The molecule has 0 amide bonds. The minimum absolute atomic E-state index is 0.143. The molecule has 0 aliphatic carbocycles. The van der Waals surface area contributed by atoms with Crippen LogP contribution in [0, 0.1) is 0 Å². The average molecular weight is 287 g/mol. The molecule has 0 aromatic carbocycles. The van der Waals surface area contributed by atoms with Gasteiger partial charge in [0.15, 0.2) is 5.16 Å². The molecule has 2 N–H and O–H groups in total. The second-order valence-electron chi connectivity index (χ2n) is 4.69. The predicted octanol–water partition coefficient (Wildman–Crippen LogP) is 1.01. The summed E-state index contributed by atoms with van der Waals surface area (Å²) in [5.41, 5.74) is -0.159. The van der Waals surface area contributed by atoms with Crippen molar-refractivity contribution in [2.24, 2.45) is 0 Å². The molecule has 2 heterocycles. The van der Waals surface area contributed by atoms with E-state index in [1.54, 1.807) is 16.3 Å². The Morgan fingerprint density at radius 2 is 2.37 bits per heavy atom. The molecule has 0 radical (unpaired) electrons. The molecular weight excluding hydrogens is 266 g/mol. The van der Waals surface area contributed by atoms with Crippen LogP contribution in [0.1, 0.15) is 32.1 Å². The Balaban J connectivity index is 1.84. The van der Waals surface area contributed by atoms with Crippen molar-refractivity contribution in [2.75, 3.05) is 19.0 Å². The minimum atomic E-state index is -0.159. The first kappa shape index (κ1) is 14.6. The van der Waals surface area contributed by atoms with E-state index in [-0.39, 0.29) is 18.4 Å². The van der Waals surface area contributed by atoms with Crippen molar-refractivity contribution in [3.63, 3.8) is 0 Å². The Morgan fingerprint density at radius 1 is 1.47 bits per heavy atom. The number of nitrogens with zero attached hydrogens (tertiary/aromatic N) is 2. The summed E-state index contributed by atoms with van der Waals surface area (Å²) in [5.74, 6) is 0.913. The number of ether oxygens (including phenoxy) is 1.